The van der Waals surface area contributed by atoms with Crippen molar-refractivity contribution in [2.24, 2.45) is 0 Å². The van der Waals surface area contributed by atoms with E-state index in [1.807, 2.05) is 42.5 Å². The molecule has 0 heterocycles. The lowest BCUT2D eigenvalue weighted by Crippen LogP contribution is -2.02. The van der Waals surface area contributed by atoms with Gasteiger partial charge in [-0.3, -0.25) is 0 Å². The van der Waals surface area contributed by atoms with Gasteiger partial charge in [0, 0.05) is 12.2 Å². The highest BCUT2D eigenvalue weighted by Gasteiger charge is 2.13. The van der Waals surface area contributed by atoms with Crippen LogP contribution in [0.3, 0.4) is 0 Å². The van der Waals surface area contributed by atoms with Gasteiger partial charge in [-0.2, -0.15) is 0 Å². The molecule has 0 aromatic heterocycles. The van der Waals surface area contributed by atoms with Gasteiger partial charge in [-0.05, 0) is 59.7 Å². The number of halogens is 3. The topological polar surface area (TPSA) is 39.7 Å². The fourth-order valence-corrected chi connectivity index (χ4v) is 3.32. The highest BCUT2D eigenvalue weighted by atomic mass is 35.5. The minimum Gasteiger partial charge on any atom is -0.497 e. The molecule has 0 amide bonds. The fraction of sp³-hybridized carbons (Fsp3) is 0.182. The summed E-state index contributed by atoms with van der Waals surface area (Å²) < 4.78 is 16.5. The summed E-state index contributed by atoms with van der Waals surface area (Å²) in [7, 11) is 3.22. The van der Waals surface area contributed by atoms with Crippen molar-refractivity contribution in [2.75, 3.05) is 19.5 Å². The van der Waals surface area contributed by atoms with Crippen molar-refractivity contribution in [3.63, 3.8) is 0 Å². The maximum Gasteiger partial charge on any atom is 0.180 e. The second kappa shape index (κ2) is 9.97. The molecule has 0 aliphatic heterocycles. The Balaban J connectivity index is 1.69. The van der Waals surface area contributed by atoms with E-state index in [0.717, 1.165) is 22.6 Å². The Labute approximate surface area is 185 Å². The molecule has 3 aromatic carbocycles. The molecule has 0 fully saturated rings. The molecular formula is C22H20Cl3NO3. The van der Waals surface area contributed by atoms with Crippen molar-refractivity contribution in [3.8, 4) is 17.2 Å². The van der Waals surface area contributed by atoms with Crippen LogP contribution in [0.15, 0.2) is 54.6 Å². The second-order valence-electron chi connectivity index (χ2n) is 6.23. The quantitative estimate of drug-likeness (QED) is 0.405. The predicted octanol–water partition coefficient (Wildman–Crippen LogP) is 6.86. The summed E-state index contributed by atoms with van der Waals surface area (Å²) in [5.41, 5.74) is 2.81. The van der Waals surface area contributed by atoms with Gasteiger partial charge in [0.1, 0.15) is 12.4 Å². The highest BCUT2D eigenvalue weighted by molar-refractivity contribution is 6.42. The molecule has 152 valence electrons. The van der Waals surface area contributed by atoms with Gasteiger partial charge in [0.2, 0.25) is 0 Å². The van der Waals surface area contributed by atoms with Crippen molar-refractivity contribution in [1.82, 2.24) is 0 Å². The summed E-state index contributed by atoms with van der Waals surface area (Å²) in [6.07, 6.45) is 0. The molecule has 0 atom stereocenters. The lowest BCUT2D eigenvalue weighted by molar-refractivity contribution is 0.284. The van der Waals surface area contributed by atoms with Crippen molar-refractivity contribution < 1.29 is 14.2 Å². The fourth-order valence-electron chi connectivity index (χ4n) is 2.71. The smallest absolute Gasteiger partial charge is 0.180 e. The molecule has 3 aromatic rings. The third-order valence-electron chi connectivity index (χ3n) is 4.24. The monoisotopic (exact) mass is 451 g/mol. The van der Waals surface area contributed by atoms with E-state index in [1.54, 1.807) is 26.4 Å². The van der Waals surface area contributed by atoms with E-state index < -0.39 is 0 Å². The molecule has 0 spiro atoms. The Morgan fingerprint density at radius 1 is 0.759 bits per heavy atom. The summed E-state index contributed by atoms with van der Waals surface area (Å²) in [5.74, 6) is 1.85. The lowest BCUT2D eigenvalue weighted by atomic mass is 10.2. The van der Waals surface area contributed by atoms with Crippen molar-refractivity contribution in [1.29, 1.82) is 0 Å². The molecule has 0 radical (unpaired) electrons. The number of nitrogens with one attached hydrogen (secondary N) is 1. The van der Waals surface area contributed by atoms with Gasteiger partial charge in [-0.1, -0.05) is 40.9 Å². The van der Waals surface area contributed by atoms with E-state index in [9.17, 15) is 0 Å². The summed E-state index contributed by atoms with van der Waals surface area (Å²) in [4.78, 5) is 0. The molecule has 0 aliphatic rings. The number of hydrogen-bond donors (Lipinski definition) is 1. The third kappa shape index (κ3) is 5.63. The summed E-state index contributed by atoms with van der Waals surface area (Å²) in [5, 5.41) is 4.79. The van der Waals surface area contributed by atoms with E-state index in [2.05, 4.69) is 5.32 Å². The first-order chi connectivity index (χ1) is 14.0. The Bertz CT molecular complexity index is 978. The van der Waals surface area contributed by atoms with E-state index in [1.165, 1.54) is 0 Å². The van der Waals surface area contributed by atoms with Crippen LogP contribution >= 0.6 is 34.8 Å². The number of hydrogen-bond acceptors (Lipinski definition) is 4. The van der Waals surface area contributed by atoms with Crippen LogP contribution in [0.2, 0.25) is 15.1 Å². The number of rotatable bonds is 8. The Kier molecular flexibility index (Phi) is 7.37. The van der Waals surface area contributed by atoms with E-state index in [-0.39, 0.29) is 6.61 Å². The van der Waals surface area contributed by atoms with Crippen LogP contribution in [-0.4, -0.2) is 14.2 Å². The average Bonchev–Trinajstić information content (AvgIpc) is 2.73. The SMILES string of the molecule is COc1ccc(NCc2cc(Cl)c(OCc3ccc(Cl)c(Cl)c3)c(OC)c2)cc1. The number of methoxy groups -OCH3 is 2. The lowest BCUT2D eigenvalue weighted by Gasteiger charge is -2.15. The zero-order valence-corrected chi connectivity index (χ0v) is 18.2. The molecule has 3 rings (SSSR count). The molecule has 7 heteroatoms. The maximum atomic E-state index is 6.46. The van der Waals surface area contributed by atoms with Crippen molar-refractivity contribution in [2.45, 2.75) is 13.2 Å². The van der Waals surface area contributed by atoms with Gasteiger partial charge in [-0.15, -0.1) is 0 Å². The van der Waals surface area contributed by atoms with Crippen LogP contribution in [0.4, 0.5) is 5.69 Å². The zero-order valence-electron chi connectivity index (χ0n) is 16.0. The molecule has 0 bridgehead atoms. The van der Waals surface area contributed by atoms with Crippen LogP contribution in [0.5, 0.6) is 17.2 Å². The van der Waals surface area contributed by atoms with Crippen LogP contribution in [-0.2, 0) is 13.2 Å². The first-order valence-corrected chi connectivity index (χ1v) is 9.94. The molecule has 0 saturated carbocycles. The molecule has 0 saturated heterocycles. The van der Waals surface area contributed by atoms with Gasteiger partial charge >= 0.3 is 0 Å². The van der Waals surface area contributed by atoms with Crippen molar-refractivity contribution >= 4 is 40.5 Å². The first-order valence-electron chi connectivity index (χ1n) is 8.81. The predicted molar refractivity (Wildman–Crippen MR) is 119 cm³/mol. The third-order valence-corrected chi connectivity index (χ3v) is 5.26. The highest BCUT2D eigenvalue weighted by Crippen LogP contribution is 2.37. The van der Waals surface area contributed by atoms with Gasteiger partial charge in [0.25, 0.3) is 0 Å². The standard InChI is InChI=1S/C22H20Cl3NO3/c1-27-17-6-4-16(5-7-17)26-12-15-10-20(25)22(21(11-15)28-2)29-13-14-3-8-18(23)19(24)9-14/h3-11,26H,12-13H2,1-2H3. The van der Waals surface area contributed by atoms with E-state index in [4.69, 9.17) is 49.0 Å². The van der Waals surface area contributed by atoms with E-state index in [0.29, 0.717) is 33.1 Å². The molecule has 1 N–H and O–H groups in total. The van der Waals surface area contributed by atoms with Crippen molar-refractivity contribution in [3.05, 3.63) is 80.8 Å². The Morgan fingerprint density at radius 3 is 2.14 bits per heavy atom. The largest absolute Gasteiger partial charge is 0.497 e. The average molecular weight is 453 g/mol. The maximum absolute atomic E-state index is 6.46. The van der Waals surface area contributed by atoms with Gasteiger partial charge in [-0.25, -0.2) is 0 Å². The van der Waals surface area contributed by atoms with Crippen LogP contribution in [0, 0.1) is 0 Å². The molecule has 4 nitrogen and oxygen atoms in total. The summed E-state index contributed by atoms with van der Waals surface area (Å²) in [6, 6.07) is 16.8. The molecule has 29 heavy (non-hydrogen) atoms. The number of anilines is 1. The minimum atomic E-state index is 0.288. The number of benzene rings is 3. The molecular weight excluding hydrogens is 433 g/mol. The normalized spacial score (nSPS) is 10.5. The van der Waals surface area contributed by atoms with Gasteiger partial charge in [0.15, 0.2) is 11.5 Å². The van der Waals surface area contributed by atoms with Crippen LogP contribution in [0.1, 0.15) is 11.1 Å². The Hall–Kier alpha value is -2.27. The van der Waals surface area contributed by atoms with Gasteiger partial charge in [0.05, 0.1) is 29.3 Å². The van der Waals surface area contributed by atoms with Crippen LogP contribution < -0.4 is 19.5 Å². The first kappa shape index (κ1) is 21.4. The number of ether oxygens (including phenoxy) is 3. The zero-order chi connectivity index (χ0) is 20.8. The summed E-state index contributed by atoms with van der Waals surface area (Å²) in [6.45, 7) is 0.867. The minimum absolute atomic E-state index is 0.288. The molecule has 0 unspecified atom stereocenters. The second-order valence-corrected chi connectivity index (χ2v) is 7.45. The van der Waals surface area contributed by atoms with Gasteiger partial charge < -0.3 is 19.5 Å². The Morgan fingerprint density at radius 2 is 1.48 bits per heavy atom. The molecule has 0 aliphatic carbocycles. The van der Waals surface area contributed by atoms with Crippen LogP contribution in [0.25, 0.3) is 0 Å². The van der Waals surface area contributed by atoms with E-state index >= 15 is 0 Å². The summed E-state index contributed by atoms with van der Waals surface area (Å²) >= 11 is 18.5.